The fourth-order valence-electron chi connectivity index (χ4n) is 0.456. The highest BCUT2D eigenvalue weighted by atomic mass is 79.9. The van der Waals surface area contributed by atoms with Gasteiger partial charge in [-0.25, -0.2) is 0 Å². The summed E-state index contributed by atoms with van der Waals surface area (Å²) in [6.45, 7) is 0.805. The molecule has 3 nitrogen and oxygen atoms in total. The van der Waals surface area contributed by atoms with Crippen molar-refractivity contribution in [3.8, 4) is 0 Å². The lowest BCUT2D eigenvalue weighted by Gasteiger charge is -2.07. The summed E-state index contributed by atoms with van der Waals surface area (Å²) in [6, 6.07) is 0. The second-order valence-electron chi connectivity index (χ2n) is 2.15. The van der Waals surface area contributed by atoms with Crippen molar-refractivity contribution in [3.05, 3.63) is 0 Å². The summed E-state index contributed by atoms with van der Waals surface area (Å²) >= 11 is 3.15. The van der Waals surface area contributed by atoms with Crippen LogP contribution >= 0.6 is 15.9 Å². The van der Waals surface area contributed by atoms with Crippen LogP contribution in [0.15, 0.2) is 0 Å². The van der Waals surface area contributed by atoms with E-state index in [1.807, 2.05) is 14.1 Å². The van der Waals surface area contributed by atoms with Crippen LogP contribution in [-0.2, 0) is 9.53 Å². The number of ether oxygens (including phenoxy) is 1. The molecule has 0 fully saturated rings. The average Bonchev–Trinajstić information content (AvgIpc) is 1.82. The van der Waals surface area contributed by atoms with Gasteiger partial charge >= 0.3 is 5.97 Å². The molecule has 0 aliphatic heterocycles. The zero-order valence-electron chi connectivity index (χ0n) is 6.26. The molecular formula is C6H12BrNO2. The van der Waals surface area contributed by atoms with Crippen molar-refractivity contribution in [3.63, 3.8) is 0 Å². The highest BCUT2D eigenvalue weighted by Crippen LogP contribution is 1.84. The maximum Gasteiger partial charge on any atom is 0.320 e. The molecule has 10 heavy (non-hydrogen) atoms. The summed E-state index contributed by atoms with van der Waals surface area (Å²) in [5.74, 6) is -0.176. The lowest BCUT2D eigenvalue weighted by molar-refractivity contribution is -0.143. The molecule has 0 N–H and O–H groups in total. The summed E-state index contributed by atoms with van der Waals surface area (Å²) in [5, 5.41) is 0.701. The third-order valence-corrected chi connectivity index (χ3v) is 1.11. The second-order valence-corrected chi connectivity index (χ2v) is 2.94. The van der Waals surface area contributed by atoms with Crippen LogP contribution in [0.3, 0.4) is 0 Å². The fraction of sp³-hybridized carbons (Fsp3) is 0.833. The van der Waals surface area contributed by atoms with Crippen molar-refractivity contribution < 1.29 is 9.53 Å². The van der Waals surface area contributed by atoms with Crippen molar-refractivity contribution in [2.75, 3.05) is 32.6 Å². The summed E-state index contributed by atoms with van der Waals surface area (Å²) in [6.07, 6.45) is 0. The molecule has 0 amide bonds. The van der Waals surface area contributed by atoms with Gasteiger partial charge in [0.2, 0.25) is 0 Å². The number of carbonyl (C=O) groups excluding carboxylic acids is 1. The standard InChI is InChI=1S/C6H12BrNO2/c1-8(2)5-6(9)10-4-3-7/h3-5H2,1-2H3. The quantitative estimate of drug-likeness (QED) is 0.499. The molecule has 0 heterocycles. The molecule has 0 aromatic heterocycles. The van der Waals surface area contributed by atoms with Crippen LogP contribution in [-0.4, -0.2) is 43.4 Å². The van der Waals surface area contributed by atoms with Crippen molar-refractivity contribution in [2.24, 2.45) is 0 Å². The van der Waals surface area contributed by atoms with Gasteiger partial charge in [0.25, 0.3) is 0 Å². The molecule has 0 bridgehead atoms. The van der Waals surface area contributed by atoms with Crippen LogP contribution in [0.4, 0.5) is 0 Å². The molecule has 0 aromatic carbocycles. The Labute approximate surface area is 69.5 Å². The molecule has 0 spiro atoms. The predicted molar refractivity (Wildman–Crippen MR) is 43.3 cm³/mol. The Hall–Kier alpha value is -0.0900. The first-order chi connectivity index (χ1) is 4.66. The smallest absolute Gasteiger partial charge is 0.320 e. The largest absolute Gasteiger partial charge is 0.464 e. The maximum absolute atomic E-state index is 10.7. The number of hydrogen-bond donors (Lipinski definition) is 0. The van der Waals surface area contributed by atoms with Crippen molar-refractivity contribution in [2.45, 2.75) is 0 Å². The van der Waals surface area contributed by atoms with Gasteiger partial charge in [0, 0.05) is 5.33 Å². The molecule has 0 atom stereocenters. The lowest BCUT2D eigenvalue weighted by atomic mass is 10.6. The molecule has 0 radical (unpaired) electrons. The Morgan fingerprint density at radius 3 is 2.60 bits per heavy atom. The Morgan fingerprint density at radius 2 is 2.20 bits per heavy atom. The summed E-state index contributed by atoms with van der Waals surface area (Å²) in [4.78, 5) is 12.5. The van der Waals surface area contributed by atoms with Crippen LogP contribution in [0.5, 0.6) is 0 Å². The van der Waals surface area contributed by atoms with E-state index in [0.717, 1.165) is 0 Å². The molecular weight excluding hydrogens is 198 g/mol. The summed E-state index contributed by atoms with van der Waals surface area (Å²) < 4.78 is 4.77. The summed E-state index contributed by atoms with van der Waals surface area (Å²) in [5.41, 5.74) is 0. The van der Waals surface area contributed by atoms with Crippen LogP contribution < -0.4 is 0 Å². The first-order valence-electron chi connectivity index (χ1n) is 3.03. The highest BCUT2D eigenvalue weighted by Gasteiger charge is 2.01. The molecule has 0 aromatic rings. The van der Waals surface area contributed by atoms with Gasteiger partial charge in [-0.3, -0.25) is 9.69 Å². The maximum atomic E-state index is 10.7. The molecule has 4 heteroatoms. The number of likely N-dealkylation sites (N-methyl/N-ethyl adjacent to an activating group) is 1. The molecule has 0 unspecified atom stereocenters. The normalized spacial score (nSPS) is 10.0. The van der Waals surface area contributed by atoms with Crippen molar-refractivity contribution in [1.29, 1.82) is 0 Å². The van der Waals surface area contributed by atoms with Gasteiger partial charge in [-0.05, 0) is 14.1 Å². The molecule has 0 aliphatic rings. The minimum absolute atomic E-state index is 0.176. The predicted octanol–water partition coefficient (Wildman–Crippen LogP) is 0.486. The monoisotopic (exact) mass is 209 g/mol. The SMILES string of the molecule is CN(C)CC(=O)OCCBr. The van der Waals surface area contributed by atoms with Gasteiger partial charge in [-0.15, -0.1) is 0 Å². The van der Waals surface area contributed by atoms with E-state index in [-0.39, 0.29) is 5.97 Å². The number of nitrogens with zero attached hydrogens (tertiary/aromatic N) is 1. The van der Waals surface area contributed by atoms with E-state index in [2.05, 4.69) is 15.9 Å². The van der Waals surface area contributed by atoms with Crippen LogP contribution in [0.1, 0.15) is 0 Å². The number of alkyl halides is 1. The van der Waals surface area contributed by atoms with Crippen molar-refractivity contribution >= 4 is 21.9 Å². The molecule has 0 saturated carbocycles. The third kappa shape index (κ3) is 6.04. The lowest BCUT2D eigenvalue weighted by Crippen LogP contribution is -2.23. The minimum Gasteiger partial charge on any atom is -0.464 e. The Balaban J connectivity index is 3.26. The number of halogens is 1. The topological polar surface area (TPSA) is 29.5 Å². The molecule has 0 aliphatic carbocycles. The number of esters is 1. The fourth-order valence-corrected chi connectivity index (χ4v) is 0.618. The first kappa shape index (κ1) is 9.91. The van der Waals surface area contributed by atoms with Gasteiger partial charge in [-0.2, -0.15) is 0 Å². The van der Waals surface area contributed by atoms with E-state index in [9.17, 15) is 4.79 Å². The number of hydrogen-bond acceptors (Lipinski definition) is 3. The van der Waals surface area contributed by atoms with Crippen LogP contribution in [0.25, 0.3) is 0 Å². The van der Waals surface area contributed by atoms with E-state index in [4.69, 9.17) is 4.74 Å². The first-order valence-corrected chi connectivity index (χ1v) is 4.15. The van der Waals surface area contributed by atoms with Gasteiger partial charge in [-0.1, -0.05) is 15.9 Å². The molecule has 60 valence electrons. The Bertz CT molecular complexity index is 106. The second kappa shape index (κ2) is 5.68. The average molecular weight is 210 g/mol. The van der Waals surface area contributed by atoms with Gasteiger partial charge in [0.1, 0.15) is 6.61 Å². The Morgan fingerprint density at radius 1 is 1.60 bits per heavy atom. The van der Waals surface area contributed by atoms with E-state index in [1.54, 1.807) is 4.90 Å². The molecule has 0 rings (SSSR count). The Kier molecular flexibility index (Phi) is 5.63. The van der Waals surface area contributed by atoms with Gasteiger partial charge in [0.05, 0.1) is 6.54 Å². The third-order valence-electron chi connectivity index (χ3n) is 0.786. The van der Waals surface area contributed by atoms with Gasteiger partial charge < -0.3 is 4.74 Å². The highest BCUT2D eigenvalue weighted by molar-refractivity contribution is 9.09. The van der Waals surface area contributed by atoms with Crippen LogP contribution in [0, 0.1) is 0 Å². The molecule has 0 saturated heterocycles. The number of rotatable bonds is 4. The van der Waals surface area contributed by atoms with E-state index < -0.39 is 0 Å². The summed E-state index contributed by atoms with van der Waals surface area (Å²) in [7, 11) is 3.66. The van der Waals surface area contributed by atoms with Crippen LogP contribution in [0.2, 0.25) is 0 Å². The minimum atomic E-state index is -0.176. The van der Waals surface area contributed by atoms with E-state index in [0.29, 0.717) is 18.5 Å². The van der Waals surface area contributed by atoms with Crippen molar-refractivity contribution in [1.82, 2.24) is 4.90 Å². The van der Waals surface area contributed by atoms with Gasteiger partial charge in [0.15, 0.2) is 0 Å². The zero-order valence-corrected chi connectivity index (χ0v) is 7.85. The zero-order chi connectivity index (χ0) is 7.98. The number of carbonyl (C=O) groups is 1. The van der Waals surface area contributed by atoms with E-state index >= 15 is 0 Å². The van der Waals surface area contributed by atoms with E-state index in [1.165, 1.54) is 0 Å².